The van der Waals surface area contributed by atoms with Crippen LogP contribution in [0.25, 0.3) is 0 Å². The van der Waals surface area contributed by atoms with Gasteiger partial charge in [0.1, 0.15) is 12.6 Å². The number of methoxy groups -OCH3 is 1. The predicted molar refractivity (Wildman–Crippen MR) is 88.6 cm³/mol. The molecule has 0 saturated carbocycles. The van der Waals surface area contributed by atoms with Crippen molar-refractivity contribution < 1.29 is 32.2 Å². The van der Waals surface area contributed by atoms with Crippen LogP contribution in [-0.2, 0) is 19.9 Å². The highest BCUT2D eigenvalue weighted by molar-refractivity contribution is 5.99. The van der Waals surface area contributed by atoms with E-state index in [2.05, 4.69) is 0 Å². The standard InChI is InChI=1S/C19H16F3NO4/c1-26-18(19(20,21)22,14-10-6-3-7-11-14)16(24)23-15(12-27-17(23)25)13-8-4-2-5-9-13/h2-11,15H,12H2,1H3. The summed E-state index contributed by atoms with van der Waals surface area (Å²) in [6, 6.07) is 13.8. The first-order chi connectivity index (χ1) is 12.8. The van der Waals surface area contributed by atoms with Gasteiger partial charge in [0.2, 0.25) is 0 Å². The van der Waals surface area contributed by atoms with E-state index in [0.29, 0.717) is 10.5 Å². The molecule has 1 aliphatic rings. The van der Waals surface area contributed by atoms with Gasteiger partial charge in [0.15, 0.2) is 0 Å². The molecule has 1 aliphatic heterocycles. The summed E-state index contributed by atoms with van der Waals surface area (Å²) in [7, 11) is 0.789. The van der Waals surface area contributed by atoms with E-state index in [9.17, 15) is 22.8 Å². The largest absolute Gasteiger partial charge is 0.446 e. The Labute approximate surface area is 153 Å². The molecule has 0 aliphatic carbocycles. The number of alkyl halides is 3. The SMILES string of the molecule is COC(C(=O)N1C(=O)OCC1c1ccccc1)(c1ccccc1)C(F)(F)F. The van der Waals surface area contributed by atoms with E-state index in [1.54, 1.807) is 30.3 Å². The van der Waals surface area contributed by atoms with Gasteiger partial charge in [-0.1, -0.05) is 60.7 Å². The summed E-state index contributed by atoms with van der Waals surface area (Å²) in [5.74, 6) is -1.54. The number of imide groups is 1. The van der Waals surface area contributed by atoms with Gasteiger partial charge in [0, 0.05) is 12.7 Å². The smallest absolute Gasteiger partial charge is 0.430 e. The fraction of sp³-hybridized carbons (Fsp3) is 0.263. The number of nitrogens with zero attached hydrogens (tertiary/aromatic N) is 1. The molecule has 8 heteroatoms. The van der Waals surface area contributed by atoms with Gasteiger partial charge in [-0.25, -0.2) is 9.69 Å². The molecule has 2 aromatic rings. The first-order valence-corrected chi connectivity index (χ1v) is 8.05. The van der Waals surface area contributed by atoms with E-state index in [1.165, 1.54) is 18.2 Å². The normalized spacial score (nSPS) is 19.5. The Hall–Kier alpha value is -2.87. The molecule has 27 heavy (non-hydrogen) atoms. The van der Waals surface area contributed by atoms with Crippen LogP contribution in [0, 0.1) is 0 Å². The molecule has 0 bridgehead atoms. The van der Waals surface area contributed by atoms with Crippen molar-refractivity contribution in [2.45, 2.75) is 17.8 Å². The van der Waals surface area contributed by atoms with Gasteiger partial charge in [-0.15, -0.1) is 0 Å². The monoisotopic (exact) mass is 379 g/mol. The van der Waals surface area contributed by atoms with Crippen LogP contribution in [0.3, 0.4) is 0 Å². The highest BCUT2D eigenvalue weighted by Gasteiger charge is 2.66. The summed E-state index contributed by atoms with van der Waals surface area (Å²) in [5.41, 5.74) is -3.27. The highest BCUT2D eigenvalue weighted by atomic mass is 19.4. The first kappa shape index (κ1) is 18.9. The van der Waals surface area contributed by atoms with E-state index in [-0.39, 0.29) is 6.61 Å². The van der Waals surface area contributed by atoms with Crippen LogP contribution in [0.1, 0.15) is 17.2 Å². The maximum absolute atomic E-state index is 14.1. The first-order valence-electron chi connectivity index (χ1n) is 8.05. The Morgan fingerprint density at radius 3 is 2.15 bits per heavy atom. The van der Waals surface area contributed by atoms with Crippen molar-refractivity contribution in [1.82, 2.24) is 4.90 Å². The second-order valence-electron chi connectivity index (χ2n) is 5.93. The van der Waals surface area contributed by atoms with E-state index in [0.717, 1.165) is 19.2 Å². The zero-order valence-electron chi connectivity index (χ0n) is 14.3. The fourth-order valence-corrected chi connectivity index (χ4v) is 3.14. The molecule has 0 aromatic heterocycles. The number of cyclic esters (lactones) is 1. The lowest BCUT2D eigenvalue weighted by Crippen LogP contribution is -2.57. The molecule has 1 heterocycles. The Morgan fingerprint density at radius 2 is 1.63 bits per heavy atom. The number of rotatable bonds is 4. The van der Waals surface area contributed by atoms with Crippen LogP contribution in [0.5, 0.6) is 0 Å². The summed E-state index contributed by atoms with van der Waals surface area (Å²) < 4.78 is 51.9. The highest BCUT2D eigenvalue weighted by Crippen LogP contribution is 2.45. The Kier molecular flexibility index (Phi) is 4.93. The van der Waals surface area contributed by atoms with Crippen LogP contribution in [0.4, 0.5) is 18.0 Å². The Bertz CT molecular complexity index is 826. The number of hydrogen-bond donors (Lipinski definition) is 0. The van der Waals surface area contributed by atoms with Gasteiger partial charge in [0.25, 0.3) is 11.5 Å². The molecule has 2 amide bonds. The van der Waals surface area contributed by atoms with Crippen LogP contribution < -0.4 is 0 Å². The van der Waals surface area contributed by atoms with Crippen LogP contribution >= 0.6 is 0 Å². The molecule has 3 rings (SSSR count). The minimum absolute atomic E-state index is 0.235. The van der Waals surface area contributed by atoms with Crippen molar-refractivity contribution in [3.63, 3.8) is 0 Å². The van der Waals surface area contributed by atoms with Crippen molar-refractivity contribution in [2.75, 3.05) is 13.7 Å². The number of benzene rings is 2. The Morgan fingerprint density at radius 1 is 1.07 bits per heavy atom. The molecule has 2 unspecified atom stereocenters. The van der Waals surface area contributed by atoms with Gasteiger partial charge in [0.05, 0.1) is 0 Å². The maximum Gasteiger partial charge on any atom is 0.430 e. The molecule has 2 atom stereocenters. The molecule has 142 valence electrons. The lowest BCUT2D eigenvalue weighted by molar-refractivity contribution is -0.269. The third kappa shape index (κ3) is 3.06. The minimum atomic E-state index is -5.11. The second-order valence-corrected chi connectivity index (χ2v) is 5.93. The van der Waals surface area contributed by atoms with E-state index < -0.39 is 35.4 Å². The lowest BCUT2D eigenvalue weighted by Gasteiger charge is -2.36. The Balaban J connectivity index is 2.12. The van der Waals surface area contributed by atoms with Crippen molar-refractivity contribution >= 4 is 12.0 Å². The summed E-state index contributed by atoms with van der Waals surface area (Å²) >= 11 is 0. The molecular formula is C19H16F3NO4. The summed E-state index contributed by atoms with van der Waals surface area (Å²) in [6.07, 6.45) is -6.25. The predicted octanol–water partition coefficient (Wildman–Crippen LogP) is 3.81. The van der Waals surface area contributed by atoms with E-state index in [4.69, 9.17) is 9.47 Å². The van der Waals surface area contributed by atoms with Crippen LogP contribution in [0.2, 0.25) is 0 Å². The van der Waals surface area contributed by atoms with Crippen molar-refractivity contribution in [2.24, 2.45) is 0 Å². The van der Waals surface area contributed by atoms with Gasteiger partial charge >= 0.3 is 12.3 Å². The average Bonchev–Trinajstić information content (AvgIpc) is 3.04. The number of hydrogen-bond acceptors (Lipinski definition) is 4. The topological polar surface area (TPSA) is 55.8 Å². The van der Waals surface area contributed by atoms with Crippen LogP contribution in [0.15, 0.2) is 60.7 Å². The molecule has 5 nitrogen and oxygen atoms in total. The van der Waals surface area contributed by atoms with Gasteiger partial charge in [-0.3, -0.25) is 4.79 Å². The van der Waals surface area contributed by atoms with E-state index >= 15 is 0 Å². The van der Waals surface area contributed by atoms with Gasteiger partial charge in [-0.2, -0.15) is 13.2 Å². The van der Waals surface area contributed by atoms with Gasteiger partial charge < -0.3 is 9.47 Å². The molecule has 2 aromatic carbocycles. The fourth-order valence-electron chi connectivity index (χ4n) is 3.14. The summed E-state index contributed by atoms with van der Waals surface area (Å²) in [4.78, 5) is 25.8. The lowest BCUT2D eigenvalue weighted by atomic mass is 9.90. The third-order valence-corrected chi connectivity index (χ3v) is 4.46. The quantitative estimate of drug-likeness (QED) is 0.811. The van der Waals surface area contributed by atoms with Crippen molar-refractivity contribution in [3.8, 4) is 0 Å². The average molecular weight is 379 g/mol. The zero-order chi connectivity index (χ0) is 19.7. The number of halogens is 3. The van der Waals surface area contributed by atoms with E-state index in [1.807, 2.05) is 0 Å². The summed E-state index contributed by atoms with van der Waals surface area (Å²) in [5, 5.41) is 0. The molecule has 0 spiro atoms. The third-order valence-electron chi connectivity index (χ3n) is 4.46. The maximum atomic E-state index is 14.1. The molecule has 1 saturated heterocycles. The molecule has 0 N–H and O–H groups in total. The number of ether oxygens (including phenoxy) is 2. The number of carbonyl (C=O) groups is 2. The summed E-state index contributed by atoms with van der Waals surface area (Å²) in [6.45, 7) is -0.235. The van der Waals surface area contributed by atoms with Gasteiger partial charge in [-0.05, 0) is 5.56 Å². The second kappa shape index (κ2) is 7.03. The number of amides is 2. The van der Waals surface area contributed by atoms with Crippen LogP contribution in [-0.4, -0.2) is 36.8 Å². The minimum Gasteiger partial charge on any atom is -0.446 e. The zero-order valence-corrected chi connectivity index (χ0v) is 14.3. The van der Waals surface area contributed by atoms with Crippen molar-refractivity contribution in [1.29, 1.82) is 0 Å². The molecular weight excluding hydrogens is 363 g/mol. The van der Waals surface area contributed by atoms with Crippen molar-refractivity contribution in [3.05, 3.63) is 71.8 Å². The molecule has 1 fully saturated rings. The number of carbonyl (C=O) groups excluding carboxylic acids is 2. The molecule has 0 radical (unpaired) electrons.